The molecule has 0 amide bonds. The van der Waals surface area contributed by atoms with E-state index in [-0.39, 0.29) is 30.0 Å². The van der Waals surface area contributed by atoms with Crippen LogP contribution in [0.1, 0.15) is 26.3 Å². The Labute approximate surface area is 137 Å². The summed E-state index contributed by atoms with van der Waals surface area (Å²) >= 11 is 0. The molecular formula is C16H23NO5S. The molecule has 6 nitrogen and oxygen atoms in total. The van der Waals surface area contributed by atoms with E-state index in [1.54, 1.807) is 26.0 Å². The van der Waals surface area contributed by atoms with Crippen LogP contribution >= 0.6 is 0 Å². The minimum absolute atomic E-state index is 0.00640. The largest absolute Gasteiger partial charge is 0.491 e. The summed E-state index contributed by atoms with van der Waals surface area (Å²) in [6.07, 6.45) is 0.00640. The Morgan fingerprint density at radius 3 is 2.48 bits per heavy atom. The van der Waals surface area contributed by atoms with Crippen molar-refractivity contribution in [3.8, 4) is 5.75 Å². The highest BCUT2D eigenvalue weighted by molar-refractivity contribution is 7.89. The highest BCUT2D eigenvalue weighted by Gasteiger charge is 2.40. The zero-order valence-corrected chi connectivity index (χ0v) is 14.6. The lowest BCUT2D eigenvalue weighted by molar-refractivity contribution is -0.142. The third-order valence-corrected chi connectivity index (χ3v) is 5.87. The van der Waals surface area contributed by atoms with Gasteiger partial charge in [0.05, 0.1) is 16.9 Å². The maximum Gasteiger partial charge on any atom is 0.308 e. The second-order valence-corrected chi connectivity index (χ2v) is 8.28. The lowest BCUT2D eigenvalue weighted by Crippen LogP contribution is -2.30. The zero-order chi connectivity index (χ0) is 17.4. The summed E-state index contributed by atoms with van der Waals surface area (Å²) in [7, 11) is -3.69. The second kappa shape index (κ2) is 6.49. The van der Waals surface area contributed by atoms with Crippen LogP contribution in [0.4, 0.5) is 0 Å². The van der Waals surface area contributed by atoms with Gasteiger partial charge in [0, 0.05) is 13.1 Å². The molecule has 1 saturated heterocycles. The standard InChI is InChI=1S/C16H23NO5S/c1-10(2)22-15-6-5-13(7-11(15)3)23(20,21)17-8-12(4)14(9-17)16(18)19/h5-7,10,12,14H,8-9H2,1-4H3,(H,18,19)/t12-,14-/m1/s1. The molecule has 1 aromatic carbocycles. The molecule has 2 rings (SSSR count). The van der Waals surface area contributed by atoms with E-state index in [4.69, 9.17) is 9.84 Å². The van der Waals surface area contributed by atoms with Gasteiger partial charge in [-0.15, -0.1) is 0 Å². The smallest absolute Gasteiger partial charge is 0.308 e. The topological polar surface area (TPSA) is 83.9 Å². The zero-order valence-electron chi connectivity index (χ0n) is 13.8. The summed E-state index contributed by atoms with van der Waals surface area (Å²) in [5.74, 6) is -1.16. The molecule has 0 unspecified atom stereocenters. The molecular weight excluding hydrogens is 318 g/mol. The van der Waals surface area contributed by atoms with E-state index in [2.05, 4.69) is 0 Å². The first-order chi connectivity index (χ1) is 10.6. The summed E-state index contributed by atoms with van der Waals surface area (Å²) in [5, 5.41) is 9.16. The number of nitrogens with zero attached hydrogens (tertiary/aromatic N) is 1. The van der Waals surface area contributed by atoms with Crippen LogP contribution in [0.15, 0.2) is 23.1 Å². The van der Waals surface area contributed by atoms with Crippen LogP contribution in [0, 0.1) is 18.8 Å². The molecule has 1 fully saturated rings. The van der Waals surface area contributed by atoms with E-state index in [1.807, 2.05) is 13.8 Å². The molecule has 0 aliphatic carbocycles. The van der Waals surface area contributed by atoms with Crippen molar-refractivity contribution in [1.29, 1.82) is 0 Å². The van der Waals surface area contributed by atoms with Gasteiger partial charge < -0.3 is 9.84 Å². The molecule has 1 heterocycles. The van der Waals surface area contributed by atoms with E-state index >= 15 is 0 Å². The summed E-state index contributed by atoms with van der Waals surface area (Å²) in [6, 6.07) is 4.74. The van der Waals surface area contributed by atoms with Crippen molar-refractivity contribution in [1.82, 2.24) is 4.31 Å². The summed E-state index contributed by atoms with van der Waals surface area (Å²) in [4.78, 5) is 11.4. The fourth-order valence-electron chi connectivity index (χ4n) is 2.76. The lowest BCUT2D eigenvalue weighted by atomic mass is 9.99. The number of rotatable bonds is 5. The van der Waals surface area contributed by atoms with Crippen molar-refractivity contribution in [2.45, 2.75) is 38.7 Å². The van der Waals surface area contributed by atoms with Crippen molar-refractivity contribution in [2.75, 3.05) is 13.1 Å². The van der Waals surface area contributed by atoms with Gasteiger partial charge in [-0.25, -0.2) is 8.42 Å². The fourth-order valence-corrected chi connectivity index (χ4v) is 4.41. The van der Waals surface area contributed by atoms with E-state index < -0.39 is 21.9 Å². The monoisotopic (exact) mass is 341 g/mol. The Balaban J connectivity index is 2.27. The number of carbonyl (C=O) groups is 1. The van der Waals surface area contributed by atoms with E-state index in [0.717, 1.165) is 5.56 Å². The Bertz CT molecular complexity index is 698. The Hall–Kier alpha value is -1.60. The van der Waals surface area contributed by atoms with Gasteiger partial charge in [-0.05, 0) is 50.5 Å². The Morgan fingerprint density at radius 1 is 1.35 bits per heavy atom. The van der Waals surface area contributed by atoms with Gasteiger partial charge in [0.25, 0.3) is 0 Å². The lowest BCUT2D eigenvalue weighted by Gasteiger charge is -2.18. The third-order valence-electron chi connectivity index (χ3n) is 4.04. The van der Waals surface area contributed by atoms with Crippen LogP contribution < -0.4 is 4.74 Å². The van der Waals surface area contributed by atoms with Crippen LogP contribution in [-0.4, -0.2) is 43.0 Å². The number of aryl methyl sites for hydroxylation is 1. The van der Waals surface area contributed by atoms with Gasteiger partial charge in [0.1, 0.15) is 5.75 Å². The summed E-state index contributed by atoms with van der Waals surface area (Å²) in [5.41, 5.74) is 0.738. The SMILES string of the molecule is Cc1cc(S(=O)(=O)N2C[C@@H](C)[C@H](C(=O)O)C2)ccc1OC(C)C. The maximum atomic E-state index is 12.7. The Morgan fingerprint density at radius 2 is 2.00 bits per heavy atom. The van der Waals surface area contributed by atoms with Crippen LogP contribution in [0.3, 0.4) is 0 Å². The van der Waals surface area contributed by atoms with Crippen LogP contribution in [0.5, 0.6) is 5.75 Å². The molecule has 0 bridgehead atoms. The third kappa shape index (κ3) is 3.67. The van der Waals surface area contributed by atoms with Crippen molar-refractivity contribution in [3.05, 3.63) is 23.8 Å². The van der Waals surface area contributed by atoms with E-state index in [1.165, 1.54) is 10.4 Å². The first kappa shape index (κ1) is 17.7. The number of carboxylic acids is 1. The molecule has 23 heavy (non-hydrogen) atoms. The van der Waals surface area contributed by atoms with Gasteiger partial charge in [-0.3, -0.25) is 4.79 Å². The highest BCUT2D eigenvalue weighted by Crippen LogP contribution is 2.30. The second-order valence-electron chi connectivity index (χ2n) is 6.34. The van der Waals surface area contributed by atoms with Crippen molar-refractivity contribution in [2.24, 2.45) is 11.8 Å². The number of aliphatic carboxylic acids is 1. The van der Waals surface area contributed by atoms with Crippen molar-refractivity contribution < 1.29 is 23.1 Å². The molecule has 7 heteroatoms. The van der Waals surface area contributed by atoms with E-state index in [0.29, 0.717) is 5.75 Å². The van der Waals surface area contributed by atoms with Crippen LogP contribution in [0.25, 0.3) is 0 Å². The fraction of sp³-hybridized carbons (Fsp3) is 0.562. The molecule has 0 radical (unpaired) electrons. The van der Waals surface area contributed by atoms with Gasteiger partial charge >= 0.3 is 5.97 Å². The number of ether oxygens (including phenoxy) is 1. The molecule has 0 saturated carbocycles. The normalized spacial score (nSPS) is 22.5. The molecule has 1 N–H and O–H groups in total. The first-order valence-electron chi connectivity index (χ1n) is 7.63. The van der Waals surface area contributed by atoms with Gasteiger partial charge in [-0.1, -0.05) is 6.92 Å². The summed E-state index contributed by atoms with van der Waals surface area (Å²) in [6.45, 7) is 7.61. The minimum Gasteiger partial charge on any atom is -0.491 e. The minimum atomic E-state index is -3.69. The number of hydrogen-bond donors (Lipinski definition) is 1. The number of carboxylic acid groups (broad SMARTS) is 1. The van der Waals surface area contributed by atoms with Gasteiger partial charge in [0.15, 0.2) is 0 Å². The quantitative estimate of drug-likeness (QED) is 0.887. The molecule has 0 aromatic heterocycles. The number of benzene rings is 1. The molecule has 1 aliphatic rings. The predicted molar refractivity (Wildman–Crippen MR) is 86.0 cm³/mol. The highest BCUT2D eigenvalue weighted by atomic mass is 32.2. The van der Waals surface area contributed by atoms with Gasteiger partial charge in [0.2, 0.25) is 10.0 Å². The predicted octanol–water partition coefficient (Wildman–Crippen LogP) is 2.12. The van der Waals surface area contributed by atoms with Crippen molar-refractivity contribution >= 4 is 16.0 Å². The van der Waals surface area contributed by atoms with Crippen molar-refractivity contribution in [3.63, 3.8) is 0 Å². The molecule has 128 valence electrons. The molecule has 0 spiro atoms. The Kier molecular flexibility index (Phi) is 5.01. The number of sulfonamides is 1. The first-order valence-corrected chi connectivity index (χ1v) is 9.07. The van der Waals surface area contributed by atoms with Crippen LogP contribution in [0.2, 0.25) is 0 Å². The molecule has 1 aromatic rings. The average molecular weight is 341 g/mol. The van der Waals surface area contributed by atoms with Crippen LogP contribution in [-0.2, 0) is 14.8 Å². The number of hydrogen-bond acceptors (Lipinski definition) is 4. The average Bonchev–Trinajstić information content (AvgIpc) is 2.83. The van der Waals surface area contributed by atoms with E-state index in [9.17, 15) is 13.2 Å². The molecule has 2 atom stereocenters. The summed E-state index contributed by atoms with van der Waals surface area (Å²) < 4.78 is 32.3. The maximum absolute atomic E-state index is 12.7. The molecule has 1 aliphatic heterocycles. The van der Waals surface area contributed by atoms with Gasteiger partial charge in [-0.2, -0.15) is 4.31 Å².